The molecule has 0 radical (unpaired) electrons. The third-order valence-electron chi connectivity index (χ3n) is 3.17. The molecule has 8 heteroatoms. The maximum absolute atomic E-state index is 12.2. The zero-order valence-corrected chi connectivity index (χ0v) is 12.7. The summed E-state index contributed by atoms with van der Waals surface area (Å²) in [6, 6.07) is 2.66. The van der Waals surface area contributed by atoms with Gasteiger partial charge in [-0.2, -0.15) is 13.2 Å². The van der Waals surface area contributed by atoms with Crippen molar-refractivity contribution in [3.05, 3.63) is 41.0 Å². The molecule has 0 aliphatic carbocycles. The first-order valence-corrected chi connectivity index (χ1v) is 6.71. The van der Waals surface area contributed by atoms with Crippen LogP contribution in [0.15, 0.2) is 22.7 Å². The third kappa shape index (κ3) is 4.24. The van der Waals surface area contributed by atoms with E-state index >= 15 is 0 Å². The van der Waals surface area contributed by atoms with Gasteiger partial charge in [-0.3, -0.25) is 4.79 Å². The van der Waals surface area contributed by atoms with E-state index in [2.05, 4.69) is 15.0 Å². The highest BCUT2D eigenvalue weighted by Gasteiger charge is 2.28. The van der Waals surface area contributed by atoms with Gasteiger partial charge in [-0.25, -0.2) is 4.98 Å². The smallest absolute Gasteiger partial charge is 0.422 e. The summed E-state index contributed by atoms with van der Waals surface area (Å²) in [7, 11) is 0. The fourth-order valence-electron chi connectivity index (χ4n) is 2.02. The molecule has 124 valence electrons. The minimum Gasteiger partial charge on any atom is -0.468 e. The standard InChI is InChI=1S/C15H15F3N2O3/c1-8-9(2)23-10(3)13(8)14(21)20-11-4-5-12(19-6-11)22-7-15(16,17)18/h4-6H,7H2,1-3H3,(H,20,21). The van der Waals surface area contributed by atoms with Gasteiger partial charge in [0.15, 0.2) is 6.61 Å². The van der Waals surface area contributed by atoms with Gasteiger partial charge in [0.1, 0.15) is 11.5 Å². The molecule has 2 aromatic rings. The maximum Gasteiger partial charge on any atom is 0.422 e. The average molecular weight is 328 g/mol. The molecule has 2 aromatic heterocycles. The van der Waals surface area contributed by atoms with Crippen molar-refractivity contribution in [1.82, 2.24) is 4.98 Å². The number of aryl methyl sites for hydroxylation is 2. The summed E-state index contributed by atoms with van der Waals surface area (Å²) in [6.45, 7) is 3.79. The first-order valence-electron chi connectivity index (χ1n) is 6.71. The summed E-state index contributed by atoms with van der Waals surface area (Å²) in [5.74, 6) is 0.603. The SMILES string of the molecule is Cc1oc(C)c(C(=O)Nc2ccc(OCC(F)(F)F)nc2)c1C. The van der Waals surface area contributed by atoms with E-state index in [1.54, 1.807) is 20.8 Å². The molecule has 0 atom stereocenters. The van der Waals surface area contributed by atoms with Gasteiger partial charge in [0.25, 0.3) is 5.91 Å². The minimum absolute atomic E-state index is 0.174. The van der Waals surface area contributed by atoms with E-state index in [0.717, 1.165) is 5.56 Å². The van der Waals surface area contributed by atoms with Gasteiger partial charge in [0, 0.05) is 11.6 Å². The number of carbonyl (C=O) groups excluding carboxylic acids is 1. The number of halogens is 3. The van der Waals surface area contributed by atoms with Gasteiger partial charge in [0.05, 0.1) is 17.4 Å². The molecule has 0 unspecified atom stereocenters. The normalized spacial score (nSPS) is 11.4. The van der Waals surface area contributed by atoms with Gasteiger partial charge in [0.2, 0.25) is 5.88 Å². The molecule has 0 bridgehead atoms. The van der Waals surface area contributed by atoms with Gasteiger partial charge in [-0.1, -0.05) is 0 Å². The largest absolute Gasteiger partial charge is 0.468 e. The molecule has 0 aliphatic rings. The molecule has 0 saturated carbocycles. The van der Waals surface area contributed by atoms with E-state index in [4.69, 9.17) is 4.42 Å². The predicted octanol–water partition coefficient (Wildman–Crippen LogP) is 3.79. The zero-order chi connectivity index (χ0) is 17.2. The number of nitrogens with zero attached hydrogens (tertiary/aromatic N) is 1. The number of nitrogens with one attached hydrogen (secondary N) is 1. The number of furan rings is 1. The fourth-order valence-corrected chi connectivity index (χ4v) is 2.02. The minimum atomic E-state index is -4.43. The number of carbonyl (C=O) groups is 1. The van der Waals surface area contributed by atoms with Crippen LogP contribution in [0.4, 0.5) is 18.9 Å². The number of aromatic nitrogens is 1. The number of alkyl halides is 3. The van der Waals surface area contributed by atoms with Crippen LogP contribution in [-0.4, -0.2) is 23.7 Å². The Bertz CT molecular complexity index is 706. The molecular weight excluding hydrogens is 313 g/mol. The first kappa shape index (κ1) is 16.9. The summed E-state index contributed by atoms with van der Waals surface area (Å²) in [6.07, 6.45) is -3.20. The number of amides is 1. The van der Waals surface area contributed by atoms with Crippen LogP contribution in [0.3, 0.4) is 0 Å². The first-order chi connectivity index (χ1) is 10.7. The highest BCUT2D eigenvalue weighted by molar-refractivity contribution is 6.06. The molecule has 1 amide bonds. The lowest BCUT2D eigenvalue weighted by atomic mass is 10.1. The number of rotatable bonds is 4. The van der Waals surface area contributed by atoms with Crippen molar-refractivity contribution in [3.8, 4) is 5.88 Å². The molecule has 0 aromatic carbocycles. The molecule has 0 saturated heterocycles. The molecule has 5 nitrogen and oxygen atoms in total. The molecule has 0 spiro atoms. The Morgan fingerprint density at radius 2 is 1.96 bits per heavy atom. The Hall–Kier alpha value is -2.51. The summed E-state index contributed by atoms with van der Waals surface area (Å²) in [5, 5.41) is 2.61. The van der Waals surface area contributed by atoms with E-state index in [9.17, 15) is 18.0 Å². The highest BCUT2D eigenvalue weighted by Crippen LogP contribution is 2.22. The average Bonchev–Trinajstić information content (AvgIpc) is 2.70. The van der Waals surface area contributed by atoms with Crippen molar-refractivity contribution < 1.29 is 27.1 Å². The van der Waals surface area contributed by atoms with Gasteiger partial charge < -0.3 is 14.5 Å². The van der Waals surface area contributed by atoms with E-state index in [1.807, 2.05) is 0 Å². The third-order valence-corrected chi connectivity index (χ3v) is 3.17. The second kappa shape index (κ2) is 6.31. The lowest BCUT2D eigenvalue weighted by Gasteiger charge is -2.09. The highest BCUT2D eigenvalue weighted by atomic mass is 19.4. The molecule has 1 N–H and O–H groups in total. The second-order valence-corrected chi connectivity index (χ2v) is 4.96. The predicted molar refractivity (Wildman–Crippen MR) is 76.7 cm³/mol. The van der Waals surface area contributed by atoms with Gasteiger partial charge in [-0.05, 0) is 26.8 Å². The van der Waals surface area contributed by atoms with E-state index < -0.39 is 12.8 Å². The number of ether oxygens (including phenoxy) is 1. The van der Waals surface area contributed by atoms with Crippen molar-refractivity contribution in [2.45, 2.75) is 26.9 Å². The number of hydrogen-bond acceptors (Lipinski definition) is 4. The monoisotopic (exact) mass is 328 g/mol. The summed E-state index contributed by atoms with van der Waals surface area (Å²) in [5.41, 5.74) is 1.50. The molecule has 2 rings (SSSR count). The van der Waals surface area contributed by atoms with Gasteiger partial charge >= 0.3 is 6.18 Å². The van der Waals surface area contributed by atoms with E-state index in [0.29, 0.717) is 22.8 Å². The molecule has 2 heterocycles. The second-order valence-electron chi connectivity index (χ2n) is 4.96. The Balaban J connectivity index is 2.05. The van der Waals surface area contributed by atoms with Crippen LogP contribution < -0.4 is 10.1 Å². The van der Waals surface area contributed by atoms with Crippen molar-refractivity contribution in [2.24, 2.45) is 0 Å². The van der Waals surface area contributed by atoms with Crippen LogP contribution in [0.1, 0.15) is 27.4 Å². The van der Waals surface area contributed by atoms with E-state index in [-0.39, 0.29) is 11.8 Å². The lowest BCUT2D eigenvalue weighted by Crippen LogP contribution is -2.19. The fraction of sp³-hybridized carbons (Fsp3) is 0.333. The summed E-state index contributed by atoms with van der Waals surface area (Å²) < 4.78 is 46.0. The van der Waals surface area contributed by atoms with Crippen LogP contribution in [0.25, 0.3) is 0 Å². The van der Waals surface area contributed by atoms with E-state index in [1.165, 1.54) is 18.3 Å². The summed E-state index contributed by atoms with van der Waals surface area (Å²) in [4.78, 5) is 16.0. The quantitative estimate of drug-likeness (QED) is 0.927. The Morgan fingerprint density at radius 3 is 2.43 bits per heavy atom. The molecule has 0 fully saturated rings. The Labute approximate surface area is 130 Å². The van der Waals surface area contributed by atoms with Gasteiger partial charge in [-0.15, -0.1) is 0 Å². The molecule has 23 heavy (non-hydrogen) atoms. The van der Waals surface area contributed by atoms with Crippen LogP contribution in [0.2, 0.25) is 0 Å². The Kier molecular flexibility index (Phi) is 4.63. The van der Waals surface area contributed by atoms with Crippen LogP contribution in [0, 0.1) is 20.8 Å². The van der Waals surface area contributed by atoms with Crippen LogP contribution in [-0.2, 0) is 0 Å². The van der Waals surface area contributed by atoms with Crippen LogP contribution in [0.5, 0.6) is 5.88 Å². The van der Waals surface area contributed by atoms with Crippen molar-refractivity contribution in [3.63, 3.8) is 0 Å². The Morgan fingerprint density at radius 1 is 1.26 bits per heavy atom. The molecular formula is C15H15F3N2O3. The van der Waals surface area contributed by atoms with Crippen molar-refractivity contribution in [1.29, 1.82) is 0 Å². The number of hydrogen-bond donors (Lipinski definition) is 1. The topological polar surface area (TPSA) is 64.4 Å². The maximum atomic E-state index is 12.2. The number of anilines is 1. The summed E-state index contributed by atoms with van der Waals surface area (Å²) >= 11 is 0. The zero-order valence-electron chi connectivity index (χ0n) is 12.7. The van der Waals surface area contributed by atoms with Crippen molar-refractivity contribution >= 4 is 11.6 Å². The lowest BCUT2D eigenvalue weighted by molar-refractivity contribution is -0.154. The molecule has 0 aliphatic heterocycles. The number of pyridine rings is 1. The van der Waals surface area contributed by atoms with Crippen LogP contribution >= 0.6 is 0 Å². The van der Waals surface area contributed by atoms with Crippen molar-refractivity contribution in [2.75, 3.05) is 11.9 Å².